The molecule has 1 aromatic carbocycles. The van der Waals surface area contributed by atoms with Crippen molar-refractivity contribution in [2.45, 2.75) is 31.7 Å². The largest absolute Gasteiger partial charge is 0.326 e. The molecule has 21 heavy (non-hydrogen) atoms. The Bertz CT molecular complexity index is 699. The van der Waals surface area contributed by atoms with Gasteiger partial charge in [0.2, 0.25) is 0 Å². The zero-order chi connectivity index (χ0) is 14.7. The van der Waals surface area contributed by atoms with Crippen molar-refractivity contribution in [1.29, 1.82) is 0 Å². The number of likely N-dealkylation sites (tertiary alicyclic amines) is 1. The first-order valence-electron chi connectivity index (χ1n) is 7.64. The van der Waals surface area contributed by atoms with Gasteiger partial charge in [-0.3, -0.25) is 4.57 Å². The Kier molecular flexibility index (Phi) is 4.12. The van der Waals surface area contributed by atoms with Gasteiger partial charge in [0.15, 0.2) is 0 Å². The van der Waals surface area contributed by atoms with Gasteiger partial charge in [0, 0.05) is 25.6 Å². The third-order valence-electron chi connectivity index (χ3n) is 4.34. The van der Waals surface area contributed by atoms with Gasteiger partial charge in [0.1, 0.15) is 0 Å². The number of benzene rings is 1. The Balaban J connectivity index is 1.70. The van der Waals surface area contributed by atoms with Crippen molar-refractivity contribution in [2.24, 2.45) is 0 Å². The normalized spacial score (nSPS) is 17.1. The molecule has 4 nitrogen and oxygen atoms in total. The number of hydrogen-bond donors (Lipinski definition) is 1. The van der Waals surface area contributed by atoms with Gasteiger partial charge in [-0.15, -0.1) is 12.3 Å². The highest BCUT2D eigenvalue weighted by Gasteiger charge is 2.22. The van der Waals surface area contributed by atoms with E-state index in [0.717, 1.165) is 56.4 Å². The van der Waals surface area contributed by atoms with Crippen molar-refractivity contribution in [2.75, 3.05) is 19.6 Å². The molecular weight excluding hydrogens is 262 g/mol. The number of unbranched alkanes of at least 4 members (excludes halogenated alkanes) is 1. The minimum Gasteiger partial charge on any atom is -0.306 e. The molecule has 2 aromatic rings. The van der Waals surface area contributed by atoms with Gasteiger partial charge in [-0.1, -0.05) is 12.1 Å². The molecule has 4 heteroatoms. The monoisotopic (exact) mass is 283 g/mol. The van der Waals surface area contributed by atoms with Crippen molar-refractivity contribution in [3.8, 4) is 12.3 Å². The lowest BCUT2D eigenvalue weighted by atomic mass is 10.0. The molecular formula is C17H21N3O. The molecule has 1 fully saturated rings. The van der Waals surface area contributed by atoms with E-state index >= 15 is 0 Å². The summed E-state index contributed by atoms with van der Waals surface area (Å²) >= 11 is 0. The second-order valence-corrected chi connectivity index (χ2v) is 5.70. The summed E-state index contributed by atoms with van der Waals surface area (Å²) < 4.78 is 1.94. The predicted molar refractivity (Wildman–Crippen MR) is 85.3 cm³/mol. The smallest absolute Gasteiger partial charge is 0.306 e. The van der Waals surface area contributed by atoms with Crippen LogP contribution in [0.4, 0.5) is 0 Å². The van der Waals surface area contributed by atoms with Gasteiger partial charge < -0.3 is 9.88 Å². The topological polar surface area (TPSA) is 41.0 Å². The summed E-state index contributed by atoms with van der Waals surface area (Å²) in [6.07, 6.45) is 9.25. The standard InChI is InChI=1S/C17H21N3O/c1-2-3-6-11-19-12-9-14(10-13-19)20-16-8-5-4-7-15(16)18-17(20)21/h1,4-5,7-8,14H,3,6,9-13H2,(H,18,21). The number of nitrogens with zero attached hydrogens (tertiary/aromatic N) is 2. The zero-order valence-corrected chi connectivity index (χ0v) is 12.2. The van der Waals surface area contributed by atoms with E-state index in [4.69, 9.17) is 6.42 Å². The highest BCUT2D eigenvalue weighted by atomic mass is 16.1. The number of rotatable bonds is 4. The first-order chi connectivity index (χ1) is 10.3. The highest BCUT2D eigenvalue weighted by molar-refractivity contribution is 5.75. The summed E-state index contributed by atoms with van der Waals surface area (Å²) in [5, 5.41) is 0. The zero-order valence-electron chi connectivity index (χ0n) is 12.2. The maximum atomic E-state index is 12.2. The van der Waals surface area contributed by atoms with Crippen molar-refractivity contribution in [1.82, 2.24) is 14.5 Å². The number of H-pyrrole nitrogens is 1. The first kappa shape index (κ1) is 14.0. The quantitative estimate of drug-likeness (QED) is 0.691. The fourth-order valence-corrected chi connectivity index (χ4v) is 3.24. The van der Waals surface area contributed by atoms with Crippen LogP contribution >= 0.6 is 0 Å². The van der Waals surface area contributed by atoms with Crippen molar-refractivity contribution >= 4 is 11.0 Å². The third kappa shape index (κ3) is 2.88. The summed E-state index contributed by atoms with van der Waals surface area (Å²) in [5.41, 5.74) is 1.97. The average molecular weight is 283 g/mol. The van der Waals surface area contributed by atoms with Gasteiger partial charge in [-0.2, -0.15) is 0 Å². The van der Waals surface area contributed by atoms with E-state index in [1.165, 1.54) is 0 Å². The number of aromatic nitrogens is 2. The Labute approximate surface area is 124 Å². The summed E-state index contributed by atoms with van der Waals surface area (Å²) in [6.45, 7) is 3.15. The van der Waals surface area contributed by atoms with Crippen LogP contribution in [0, 0.1) is 12.3 Å². The van der Waals surface area contributed by atoms with E-state index in [1.807, 2.05) is 28.8 Å². The molecule has 0 amide bonds. The van der Waals surface area contributed by atoms with Crippen LogP contribution in [0.3, 0.4) is 0 Å². The maximum Gasteiger partial charge on any atom is 0.326 e. The molecule has 3 rings (SSSR count). The average Bonchev–Trinajstić information content (AvgIpc) is 2.84. The SMILES string of the molecule is C#CCCCN1CCC(n2c(=O)[nH]c3ccccc32)CC1. The number of nitrogens with one attached hydrogen (secondary N) is 1. The third-order valence-corrected chi connectivity index (χ3v) is 4.34. The lowest BCUT2D eigenvalue weighted by molar-refractivity contribution is 0.186. The maximum absolute atomic E-state index is 12.2. The van der Waals surface area contributed by atoms with Crippen LogP contribution in [-0.2, 0) is 0 Å². The molecule has 1 aromatic heterocycles. The minimum absolute atomic E-state index is 0.0157. The van der Waals surface area contributed by atoms with Gasteiger partial charge in [-0.25, -0.2) is 4.79 Å². The molecule has 2 heterocycles. The van der Waals surface area contributed by atoms with Gasteiger partial charge in [-0.05, 0) is 37.9 Å². The van der Waals surface area contributed by atoms with Crippen LogP contribution in [0.15, 0.2) is 29.1 Å². The van der Waals surface area contributed by atoms with Gasteiger partial charge in [0.25, 0.3) is 0 Å². The molecule has 110 valence electrons. The van der Waals surface area contributed by atoms with E-state index in [0.29, 0.717) is 6.04 Å². The van der Waals surface area contributed by atoms with Crippen LogP contribution in [0.2, 0.25) is 0 Å². The predicted octanol–water partition coefficient (Wildman–Crippen LogP) is 2.38. The van der Waals surface area contributed by atoms with Crippen molar-refractivity contribution < 1.29 is 0 Å². The number of piperidine rings is 1. The fourth-order valence-electron chi connectivity index (χ4n) is 3.24. The summed E-state index contributed by atoms with van der Waals surface area (Å²) in [7, 11) is 0. The Morgan fingerprint density at radius 1 is 1.29 bits per heavy atom. The minimum atomic E-state index is 0.0157. The second-order valence-electron chi connectivity index (χ2n) is 5.70. The summed E-state index contributed by atoms with van der Waals surface area (Å²) in [5.74, 6) is 2.69. The number of para-hydroxylation sites is 2. The fraction of sp³-hybridized carbons (Fsp3) is 0.471. The lowest BCUT2D eigenvalue weighted by Crippen LogP contribution is -2.37. The number of aromatic amines is 1. The Hall–Kier alpha value is -1.99. The number of terminal acetylenes is 1. The van der Waals surface area contributed by atoms with E-state index in [2.05, 4.69) is 15.8 Å². The molecule has 1 aliphatic heterocycles. The molecule has 0 aliphatic carbocycles. The first-order valence-corrected chi connectivity index (χ1v) is 7.64. The molecule has 0 unspecified atom stereocenters. The van der Waals surface area contributed by atoms with Gasteiger partial charge >= 0.3 is 5.69 Å². The highest BCUT2D eigenvalue weighted by Crippen LogP contribution is 2.24. The van der Waals surface area contributed by atoms with Crippen LogP contribution in [0.5, 0.6) is 0 Å². The van der Waals surface area contributed by atoms with Crippen molar-refractivity contribution in [3.05, 3.63) is 34.7 Å². The molecule has 1 N–H and O–H groups in total. The van der Waals surface area contributed by atoms with E-state index in [-0.39, 0.29) is 5.69 Å². The Morgan fingerprint density at radius 3 is 2.81 bits per heavy atom. The van der Waals surface area contributed by atoms with Crippen LogP contribution < -0.4 is 5.69 Å². The molecule has 0 radical (unpaired) electrons. The summed E-state index contributed by atoms with van der Waals surface area (Å²) in [4.78, 5) is 17.6. The lowest BCUT2D eigenvalue weighted by Gasteiger charge is -2.32. The van der Waals surface area contributed by atoms with Gasteiger partial charge in [0.05, 0.1) is 11.0 Å². The number of imidazole rings is 1. The number of fused-ring (bicyclic) bond motifs is 1. The van der Waals surface area contributed by atoms with E-state index in [1.54, 1.807) is 0 Å². The van der Waals surface area contributed by atoms with Crippen LogP contribution in [0.25, 0.3) is 11.0 Å². The summed E-state index contributed by atoms with van der Waals surface area (Å²) in [6, 6.07) is 8.23. The Morgan fingerprint density at radius 2 is 2.05 bits per heavy atom. The number of hydrogen-bond acceptors (Lipinski definition) is 2. The van der Waals surface area contributed by atoms with Crippen LogP contribution in [-0.4, -0.2) is 34.1 Å². The molecule has 0 atom stereocenters. The van der Waals surface area contributed by atoms with Crippen LogP contribution in [0.1, 0.15) is 31.7 Å². The molecule has 1 saturated heterocycles. The second kappa shape index (κ2) is 6.19. The van der Waals surface area contributed by atoms with Crippen molar-refractivity contribution in [3.63, 3.8) is 0 Å². The van der Waals surface area contributed by atoms with E-state index in [9.17, 15) is 4.79 Å². The molecule has 0 bridgehead atoms. The molecule has 0 saturated carbocycles. The molecule has 1 aliphatic rings. The van der Waals surface area contributed by atoms with E-state index < -0.39 is 0 Å². The molecule has 0 spiro atoms.